The van der Waals surface area contributed by atoms with E-state index in [1.54, 1.807) is 0 Å². The molecule has 0 radical (unpaired) electrons. The largest absolute Gasteiger partial charge is 0.420 e. The Balaban J connectivity index is 2.11. The van der Waals surface area contributed by atoms with Gasteiger partial charge in [0.2, 0.25) is 0 Å². The minimum Gasteiger partial charge on any atom is -0.240 e. The molecule has 26 heavy (non-hydrogen) atoms. The lowest BCUT2D eigenvalue weighted by molar-refractivity contribution is -0.137. The van der Waals surface area contributed by atoms with Gasteiger partial charge in [0.05, 0.1) is 10.6 Å². The van der Waals surface area contributed by atoms with Gasteiger partial charge in [-0.3, -0.25) is 0 Å². The van der Waals surface area contributed by atoms with Gasteiger partial charge < -0.3 is 0 Å². The maximum Gasteiger partial charge on any atom is 0.420 e. The summed E-state index contributed by atoms with van der Waals surface area (Å²) in [6.45, 7) is 0. The fraction of sp³-hybridized carbons (Fsp3) is 0.118. The summed E-state index contributed by atoms with van der Waals surface area (Å²) < 4.78 is 64.3. The highest BCUT2D eigenvalue weighted by atomic mass is 35.5. The smallest absolute Gasteiger partial charge is 0.240 e. The summed E-state index contributed by atoms with van der Waals surface area (Å²) in [5.41, 5.74) is -0.551. The van der Waals surface area contributed by atoms with E-state index in [4.69, 9.17) is 11.6 Å². The molecule has 0 saturated carbocycles. The number of halogens is 4. The Hall–Kier alpha value is -2.32. The van der Waals surface area contributed by atoms with Crippen LogP contribution in [0.5, 0.6) is 0 Å². The molecule has 1 heterocycles. The molecule has 0 spiro atoms. The highest BCUT2D eigenvalue weighted by Crippen LogP contribution is 2.37. The summed E-state index contributed by atoms with van der Waals surface area (Å²) in [5.74, 6) is 0. The predicted octanol–water partition coefficient (Wildman–Crippen LogP) is 4.62. The van der Waals surface area contributed by atoms with Gasteiger partial charge in [-0.15, -0.1) is 0 Å². The molecule has 3 rings (SSSR count). The molecule has 0 atom stereocenters. The third-order valence-electron chi connectivity index (χ3n) is 3.67. The van der Waals surface area contributed by atoms with E-state index in [1.807, 2.05) is 0 Å². The molecule has 0 amide bonds. The van der Waals surface area contributed by atoms with Crippen LogP contribution in [0.2, 0.25) is 5.02 Å². The molecule has 0 N–H and O–H groups in total. The van der Waals surface area contributed by atoms with E-state index >= 15 is 0 Å². The van der Waals surface area contributed by atoms with Crippen LogP contribution in [0.15, 0.2) is 59.6 Å². The van der Waals surface area contributed by atoms with Crippen LogP contribution < -0.4 is 0 Å². The van der Waals surface area contributed by atoms with Gasteiger partial charge in [-0.2, -0.15) is 18.3 Å². The van der Waals surface area contributed by atoms with Crippen molar-refractivity contribution in [1.82, 2.24) is 9.78 Å². The van der Waals surface area contributed by atoms with Crippen LogP contribution in [-0.4, -0.2) is 24.5 Å². The number of aromatic nitrogens is 2. The van der Waals surface area contributed by atoms with Crippen LogP contribution in [-0.2, 0) is 16.0 Å². The van der Waals surface area contributed by atoms with Gasteiger partial charge in [-0.05, 0) is 36.4 Å². The topological polar surface area (TPSA) is 52.0 Å². The minimum absolute atomic E-state index is 0.0716. The number of hydrogen-bond acceptors (Lipinski definition) is 3. The average Bonchev–Trinajstić information content (AvgIpc) is 3.00. The summed E-state index contributed by atoms with van der Waals surface area (Å²) in [6.07, 6.45) is -2.67. The lowest BCUT2D eigenvalue weighted by Crippen LogP contribution is -2.05. The monoisotopic (exact) mass is 400 g/mol. The number of sulfone groups is 1. The van der Waals surface area contributed by atoms with Crippen molar-refractivity contribution in [2.45, 2.75) is 11.1 Å². The van der Waals surface area contributed by atoms with E-state index in [1.165, 1.54) is 48.5 Å². The Kier molecular flexibility index (Phi) is 4.58. The Morgan fingerprint density at radius 2 is 1.58 bits per heavy atom. The van der Waals surface area contributed by atoms with E-state index in [2.05, 4.69) is 5.10 Å². The SMILES string of the molecule is CS(=O)(=O)c1ccc(-n2cc(C(F)(F)F)c(-c3ccc(Cl)cc3)n2)cc1. The molecule has 9 heteroatoms. The molecule has 3 aromatic rings. The molecule has 136 valence electrons. The maximum atomic E-state index is 13.4. The van der Waals surface area contributed by atoms with Gasteiger partial charge >= 0.3 is 6.18 Å². The lowest BCUT2D eigenvalue weighted by Gasteiger charge is -2.06. The third kappa shape index (κ3) is 3.76. The predicted molar refractivity (Wildman–Crippen MR) is 92.1 cm³/mol. The van der Waals surface area contributed by atoms with Crippen LogP contribution in [0.1, 0.15) is 5.56 Å². The minimum atomic E-state index is -4.60. The standard InChI is InChI=1S/C17H12ClF3N2O2S/c1-26(24,25)14-8-6-13(7-9-14)23-10-15(17(19,20)21)16(22-23)11-2-4-12(18)5-3-11/h2-10H,1H3. The van der Waals surface area contributed by atoms with Crippen LogP contribution in [0.25, 0.3) is 16.9 Å². The second-order valence-electron chi connectivity index (χ2n) is 5.61. The highest BCUT2D eigenvalue weighted by Gasteiger charge is 2.36. The van der Waals surface area contributed by atoms with E-state index in [9.17, 15) is 21.6 Å². The summed E-state index contributed by atoms with van der Waals surface area (Å²) in [6, 6.07) is 11.3. The number of nitrogens with zero attached hydrogens (tertiary/aromatic N) is 2. The van der Waals surface area contributed by atoms with Gasteiger partial charge in [-0.1, -0.05) is 23.7 Å². The molecular weight excluding hydrogens is 389 g/mol. The van der Waals surface area contributed by atoms with Crippen LogP contribution in [0.3, 0.4) is 0 Å². The van der Waals surface area contributed by atoms with Crippen molar-refractivity contribution < 1.29 is 21.6 Å². The fourth-order valence-electron chi connectivity index (χ4n) is 2.38. The molecule has 0 bridgehead atoms. The maximum absolute atomic E-state index is 13.4. The van der Waals surface area contributed by atoms with Crippen LogP contribution in [0, 0.1) is 0 Å². The number of alkyl halides is 3. The van der Waals surface area contributed by atoms with E-state index in [-0.39, 0.29) is 16.2 Å². The first-order valence-corrected chi connectivity index (χ1v) is 9.56. The van der Waals surface area contributed by atoms with Crippen LogP contribution >= 0.6 is 11.6 Å². The van der Waals surface area contributed by atoms with Crippen molar-refractivity contribution >= 4 is 21.4 Å². The zero-order valence-corrected chi connectivity index (χ0v) is 14.9. The van der Waals surface area contributed by atoms with E-state index < -0.39 is 21.6 Å². The van der Waals surface area contributed by atoms with Gasteiger partial charge in [0, 0.05) is 23.0 Å². The van der Waals surface area contributed by atoms with Crippen molar-refractivity contribution in [3.63, 3.8) is 0 Å². The number of hydrogen-bond donors (Lipinski definition) is 0. The molecule has 4 nitrogen and oxygen atoms in total. The summed E-state index contributed by atoms with van der Waals surface area (Å²) in [4.78, 5) is 0.0716. The lowest BCUT2D eigenvalue weighted by atomic mass is 10.1. The zero-order valence-electron chi connectivity index (χ0n) is 13.3. The summed E-state index contributed by atoms with van der Waals surface area (Å²) in [7, 11) is -3.40. The molecule has 0 aliphatic heterocycles. The molecular formula is C17H12ClF3N2O2S. The second kappa shape index (κ2) is 6.44. The highest BCUT2D eigenvalue weighted by molar-refractivity contribution is 7.90. The summed E-state index contributed by atoms with van der Waals surface area (Å²) in [5, 5.41) is 4.44. The van der Waals surface area contributed by atoms with Gasteiger partial charge in [0.25, 0.3) is 0 Å². The number of benzene rings is 2. The first kappa shape index (κ1) is 18.5. The van der Waals surface area contributed by atoms with Crippen molar-refractivity contribution in [1.29, 1.82) is 0 Å². The fourth-order valence-corrected chi connectivity index (χ4v) is 3.14. The van der Waals surface area contributed by atoms with Gasteiger partial charge in [-0.25, -0.2) is 13.1 Å². The zero-order chi connectivity index (χ0) is 19.1. The normalized spacial score (nSPS) is 12.3. The Bertz CT molecular complexity index is 1040. The first-order valence-electron chi connectivity index (χ1n) is 7.29. The quantitative estimate of drug-likeness (QED) is 0.645. The van der Waals surface area contributed by atoms with Crippen molar-refractivity contribution in [2.75, 3.05) is 6.26 Å². The van der Waals surface area contributed by atoms with E-state index in [0.717, 1.165) is 17.1 Å². The summed E-state index contributed by atoms with van der Waals surface area (Å²) >= 11 is 5.78. The Labute approximate surface area is 152 Å². The Morgan fingerprint density at radius 1 is 1.00 bits per heavy atom. The second-order valence-corrected chi connectivity index (χ2v) is 8.06. The number of rotatable bonds is 3. The molecule has 0 aliphatic carbocycles. The van der Waals surface area contributed by atoms with Crippen LogP contribution in [0.4, 0.5) is 13.2 Å². The molecule has 0 saturated heterocycles. The third-order valence-corrected chi connectivity index (χ3v) is 5.05. The molecule has 0 fully saturated rings. The van der Waals surface area contributed by atoms with Crippen molar-refractivity contribution in [3.05, 3.63) is 65.3 Å². The van der Waals surface area contributed by atoms with Crippen molar-refractivity contribution in [3.8, 4) is 16.9 Å². The molecule has 1 aromatic heterocycles. The Morgan fingerprint density at radius 3 is 2.08 bits per heavy atom. The molecule has 2 aromatic carbocycles. The average molecular weight is 401 g/mol. The van der Waals surface area contributed by atoms with Gasteiger partial charge in [0.15, 0.2) is 9.84 Å². The van der Waals surface area contributed by atoms with Crippen molar-refractivity contribution in [2.24, 2.45) is 0 Å². The first-order chi connectivity index (χ1) is 12.1. The molecule has 0 unspecified atom stereocenters. The molecule has 0 aliphatic rings. The van der Waals surface area contributed by atoms with E-state index in [0.29, 0.717) is 10.7 Å². The van der Waals surface area contributed by atoms with Gasteiger partial charge in [0.1, 0.15) is 11.3 Å².